The van der Waals surface area contributed by atoms with Gasteiger partial charge in [0.15, 0.2) is 6.61 Å². The molecule has 1 heterocycles. The number of aromatic nitrogens is 1. The van der Waals surface area contributed by atoms with E-state index in [2.05, 4.69) is 35.4 Å². The third-order valence-corrected chi connectivity index (χ3v) is 11.7. The maximum absolute atomic E-state index is 12.6. The van der Waals surface area contributed by atoms with Gasteiger partial charge in [-0.15, -0.1) is 0 Å². The first-order valence-corrected chi connectivity index (χ1v) is 15.3. The summed E-state index contributed by atoms with van der Waals surface area (Å²) in [7, 11) is 0. The van der Waals surface area contributed by atoms with Gasteiger partial charge < -0.3 is 30.5 Å². The van der Waals surface area contributed by atoms with Gasteiger partial charge in [0.1, 0.15) is 11.8 Å². The summed E-state index contributed by atoms with van der Waals surface area (Å²) in [5.41, 5.74) is 3.28. The Hall–Kier alpha value is -3.33. The number of rotatable bonds is 7. The predicted octanol–water partition coefficient (Wildman–Crippen LogP) is 5.07. The first-order valence-electron chi connectivity index (χ1n) is 15.3. The van der Waals surface area contributed by atoms with Gasteiger partial charge in [0, 0.05) is 23.5 Å². The van der Waals surface area contributed by atoms with E-state index in [-0.39, 0.29) is 29.6 Å². The number of carbonyl (C=O) groups excluding carboxylic acids is 1. The summed E-state index contributed by atoms with van der Waals surface area (Å²) >= 11 is 0. The van der Waals surface area contributed by atoms with Gasteiger partial charge in [-0.1, -0.05) is 24.6 Å². The van der Waals surface area contributed by atoms with Crippen molar-refractivity contribution in [3.63, 3.8) is 0 Å². The van der Waals surface area contributed by atoms with E-state index in [4.69, 9.17) is 4.84 Å². The minimum Gasteiger partial charge on any atom is -0.508 e. The van der Waals surface area contributed by atoms with Crippen LogP contribution in [0.3, 0.4) is 0 Å². The Bertz CT molecular complexity index is 1460. The average molecular weight is 578 g/mol. The highest BCUT2D eigenvalue weighted by Crippen LogP contribution is 2.67. The van der Waals surface area contributed by atoms with Crippen LogP contribution in [-0.2, 0) is 20.8 Å². The maximum Gasteiger partial charge on any atom is 0.326 e. The normalized spacial score (nSPS) is 35.6. The molecule has 0 bridgehead atoms. The zero-order valence-corrected chi connectivity index (χ0v) is 24.8. The van der Waals surface area contributed by atoms with Crippen molar-refractivity contribution in [2.24, 2.45) is 33.7 Å². The fraction of sp³-hybridized carbons (Fsp3) is 0.606. The third-order valence-electron chi connectivity index (χ3n) is 11.7. The van der Waals surface area contributed by atoms with E-state index >= 15 is 0 Å². The van der Waals surface area contributed by atoms with Crippen LogP contribution in [0.2, 0.25) is 0 Å². The van der Waals surface area contributed by atoms with E-state index in [1.54, 1.807) is 24.4 Å². The molecule has 0 spiro atoms. The Balaban J connectivity index is 1.07. The van der Waals surface area contributed by atoms with E-state index in [0.717, 1.165) is 62.6 Å². The molecule has 2 aromatic rings. The molecule has 7 atom stereocenters. The smallest absolute Gasteiger partial charge is 0.326 e. The molecule has 0 saturated heterocycles. The lowest BCUT2D eigenvalue weighted by molar-refractivity contribution is -0.142. The Morgan fingerprint density at radius 1 is 1.12 bits per heavy atom. The minimum absolute atomic E-state index is 0.0134. The van der Waals surface area contributed by atoms with Crippen LogP contribution >= 0.6 is 0 Å². The Labute approximate surface area is 246 Å². The Morgan fingerprint density at radius 2 is 1.90 bits per heavy atom. The van der Waals surface area contributed by atoms with Crippen LogP contribution < -0.4 is 5.32 Å². The van der Waals surface area contributed by atoms with Crippen molar-refractivity contribution >= 4 is 28.5 Å². The largest absolute Gasteiger partial charge is 0.508 e. The molecule has 1 aromatic heterocycles. The lowest BCUT2D eigenvalue weighted by Gasteiger charge is -2.59. The van der Waals surface area contributed by atoms with Crippen molar-refractivity contribution in [3.05, 3.63) is 41.6 Å². The Morgan fingerprint density at radius 3 is 2.69 bits per heavy atom. The number of oxime groups is 1. The number of fused-ring (bicyclic) bond motifs is 6. The van der Waals surface area contributed by atoms with Gasteiger partial charge in [0.25, 0.3) is 5.91 Å². The topological polar surface area (TPSA) is 144 Å². The van der Waals surface area contributed by atoms with Gasteiger partial charge in [-0.2, -0.15) is 0 Å². The summed E-state index contributed by atoms with van der Waals surface area (Å²) < 4.78 is 0. The second kappa shape index (κ2) is 10.4. The zero-order chi connectivity index (χ0) is 29.9. The number of hydrogen-bond donors (Lipinski definition) is 5. The first-order chi connectivity index (χ1) is 19.9. The number of phenolic OH excluding ortho intramolecular Hbond substituents is 1. The number of amides is 1. The van der Waals surface area contributed by atoms with Gasteiger partial charge in [-0.25, -0.2) is 4.79 Å². The van der Waals surface area contributed by atoms with Crippen molar-refractivity contribution in [2.45, 2.75) is 90.2 Å². The second-order valence-electron chi connectivity index (χ2n) is 13.8. The number of nitrogens with one attached hydrogen (secondary N) is 2. The molecule has 9 nitrogen and oxygen atoms in total. The number of hydrogen-bond acceptors (Lipinski definition) is 6. The van der Waals surface area contributed by atoms with Crippen molar-refractivity contribution in [1.82, 2.24) is 10.3 Å². The number of aromatic hydroxyl groups is 1. The molecule has 4 aliphatic carbocycles. The first kappa shape index (κ1) is 28.8. The number of phenols is 1. The number of aromatic amines is 1. The van der Waals surface area contributed by atoms with Gasteiger partial charge in [0.2, 0.25) is 0 Å². The molecule has 9 heteroatoms. The fourth-order valence-electron chi connectivity index (χ4n) is 9.05. The quantitative estimate of drug-likeness (QED) is 0.291. The molecule has 4 aliphatic rings. The number of aliphatic hydroxyl groups is 1. The summed E-state index contributed by atoms with van der Waals surface area (Å²) in [4.78, 5) is 33.0. The second-order valence-corrected chi connectivity index (χ2v) is 13.8. The minimum atomic E-state index is -1.15. The van der Waals surface area contributed by atoms with Crippen LogP contribution in [0.25, 0.3) is 10.9 Å². The van der Waals surface area contributed by atoms with Crippen LogP contribution in [-0.4, -0.2) is 56.1 Å². The highest BCUT2D eigenvalue weighted by Gasteiger charge is 2.62. The summed E-state index contributed by atoms with van der Waals surface area (Å²) in [6.45, 7) is 6.41. The molecule has 5 N–H and O–H groups in total. The monoisotopic (exact) mass is 577 g/mol. The standard InChI is InChI=1S/C33H43N3O6/c1-31-11-8-21(15-20(31)4-6-23-25(31)9-12-32(2)26(23)10-13-33(32,3)41)36-42-18-29(38)35-28(30(39)40)14-19-17-34-27-7-5-22(37)16-24(19)27/h5,7,15-17,23,25-26,28,34,37,41H,4,6,8-14,18H2,1-3H3,(H,35,38)(H,39,40)/b36-21-/t23-,25+,26+,28-,31+,32+,33+/m1/s1. The number of aliphatic carboxylic acids is 1. The van der Waals surface area contributed by atoms with E-state index in [0.29, 0.717) is 28.7 Å². The predicted molar refractivity (Wildman–Crippen MR) is 159 cm³/mol. The van der Waals surface area contributed by atoms with E-state index in [1.807, 2.05) is 6.92 Å². The zero-order valence-electron chi connectivity index (χ0n) is 24.8. The molecule has 0 aliphatic heterocycles. The number of allylic oxidation sites excluding steroid dienone is 2. The molecule has 0 unspecified atom stereocenters. The summed E-state index contributed by atoms with van der Waals surface area (Å²) in [5, 5.41) is 38.2. The fourth-order valence-corrected chi connectivity index (χ4v) is 9.05. The van der Waals surface area contributed by atoms with Crippen molar-refractivity contribution in [1.29, 1.82) is 0 Å². The molecular weight excluding hydrogens is 534 g/mol. The molecule has 3 saturated carbocycles. The summed E-state index contributed by atoms with van der Waals surface area (Å²) in [5.74, 6) is 0.227. The molecule has 0 radical (unpaired) electrons. The van der Waals surface area contributed by atoms with Crippen LogP contribution in [0.5, 0.6) is 5.75 Å². The van der Waals surface area contributed by atoms with Crippen molar-refractivity contribution in [3.8, 4) is 5.75 Å². The van der Waals surface area contributed by atoms with E-state index in [9.17, 15) is 24.9 Å². The van der Waals surface area contributed by atoms with Gasteiger partial charge in [-0.05, 0) is 117 Å². The lowest BCUT2D eigenvalue weighted by Crippen LogP contribution is -2.53. The van der Waals surface area contributed by atoms with E-state index in [1.165, 1.54) is 5.57 Å². The lowest BCUT2D eigenvalue weighted by atomic mass is 9.46. The number of nitrogens with zero attached hydrogens (tertiary/aromatic N) is 1. The number of carbonyl (C=O) groups is 2. The molecule has 6 rings (SSSR count). The number of carboxylic acids is 1. The highest BCUT2D eigenvalue weighted by atomic mass is 16.6. The molecular formula is C33H43N3O6. The molecule has 3 fully saturated rings. The Kier molecular flexibility index (Phi) is 7.15. The third kappa shape index (κ3) is 4.79. The molecule has 42 heavy (non-hydrogen) atoms. The maximum atomic E-state index is 12.6. The van der Waals surface area contributed by atoms with E-state index < -0.39 is 23.5 Å². The van der Waals surface area contributed by atoms with Crippen LogP contribution in [0.4, 0.5) is 0 Å². The number of carboxylic acid groups (broad SMARTS) is 1. The SMILES string of the molecule is C[C@]12CC/C(=N/OCC(=O)N[C@H](Cc3c[nH]c4ccc(O)cc34)C(=O)O)C=C1CC[C@@H]1[C@@H]2CC[C@@]2(C)[C@H]1CC[C@]2(C)O. The highest BCUT2D eigenvalue weighted by molar-refractivity contribution is 5.96. The van der Waals surface area contributed by atoms with Crippen LogP contribution in [0.1, 0.15) is 77.7 Å². The summed E-state index contributed by atoms with van der Waals surface area (Å²) in [6.07, 6.45) is 12.1. The van der Waals surface area contributed by atoms with Crippen molar-refractivity contribution in [2.75, 3.05) is 6.61 Å². The summed E-state index contributed by atoms with van der Waals surface area (Å²) in [6, 6.07) is 3.69. The number of benzene rings is 1. The molecule has 1 amide bonds. The number of H-pyrrole nitrogens is 1. The van der Waals surface area contributed by atoms with Gasteiger partial charge in [0.05, 0.1) is 11.3 Å². The van der Waals surface area contributed by atoms with Gasteiger partial charge >= 0.3 is 5.97 Å². The average Bonchev–Trinajstić information content (AvgIpc) is 3.44. The van der Waals surface area contributed by atoms with Crippen molar-refractivity contribution < 1.29 is 29.7 Å². The molecule has 226 valence electrons. The van der Waals surface area contributed by atoms with Crippen LogP contribution in [0, 0.1) is 28.6 Å². The van der Waals surface area contributed by atoms with Crippen LogP contribution in [0.15, 0.2) is 41.2 Å². The van der Waals surface area contributed by atoms with Gasteiger partial charge in [-0.3, -0.25) is 4.79 Å². The molecule has 1 aromatic carbocycles.